The Morgan fingerprint density at radius 2 is 2.38 bits per heavy atom. The average Bonchev–Trinajstić information content (AvgIpc) is 2.50. The quantitative estimate of drug-likeness (QED) is 0.815. The van der Waals surface area contributed by atoms with Crippen molar-refractivity contribution in [3.63, 3.8) is 0 Å². The van der Waals surface area contributed by atoms with Crippen molar-refractivity contribution < 1.29 is 5.11 Å². The van der Waals surface area contributed by atoms with E-state index in [0.29, 0.717) is 11.7 Å². The van der Waals surface area contributed by atoms with Gasteiger partial charge in [0.1, 0.15) is 5.02 Å². The molecule has 1 fully saturated rings. The molecule has 2 N–H and O–H groups in total. The lowest BCUT2D eigenvalue weighted by Crippen LogP contribution is -2.46. The second-order valence-electron chi connectivity index (χ2n) is 5.33. The van der Waals surface area contributed by atoms with Gasteiger partial charge in [0.2, 0.25) is 0 Å². The minimum Gasteiger partial charge on any atom is -0.394 e. The Balaban J connectivity index is 2.14. The number of rotatable bonds is 6. The van der Waals surface area contributed by atoms with E-state index in [2.05, 4.69) is 22.2 Å². The molecule has 0 aliphatic carbocycles. The molecule has 1 aromatic rings. The number of piperidine rings is 1. The van der Waals surface area contributed by atoms with Crippen LogP contribution in [0.1, 0.15) is 26.2 Å². The third kappa shape index (κ3) is 3.96. The Bertz CT molecular complexity index is 520. The first-order chi connectivity index (χ1) is 10.2. The van der Waals surface area contributed by atoms with E-state index in [0.717, 1.165) is 38.9 Å². The second kappa shape index (κ2) is 7.77. The molecule has 1 aliphatic heterocycles. The first kappa shape index (κ1) is 16.3. The third-order valence-corrected chi connectivity index (χ3v) is 4.08. The monoisotopic (exact) mass is 314 g/mol. The van der Waals surface area contributed by atoms with Gasteiger partial charge in [-0.05, 0) is 25.8 Å². The number of anilines is 1. The molecule has 118 valence electrons. The summed E-state index contributed by atoms with van der Waals surface area (Å²) in [7, 11) is 0. The van der Waals surface area contributed by atoms with Gasteiger partial charge in [-0.2, -0.15) is 5.10 Å². The normalized spacial score (nSPS) is 19.0. The average molecular weight is 315 g/mol. The molecule has 6 nitrogen and oxygen atoms in total. The highest BCUT2D eigenvalue weighted by atomic mass is 35.5. The summed E-state index contributed by atoms with van der Waals surface area (Å²) in [5, 5.41) is 16.7. The van der Waals surface area contributed by atoms with E-state index in [1.54, 1.807) is 6.20 Å². The Labute approximate surface area is 129 Å². The molecule has 2 rings (SSSR count). The van der Waals surface area contributed by atoms with Crippen LogP contribution in [0.25, 0.3) is 0 Å². The summed E-state index contributed by atoms with van der Waals surface area (Å²) in [4.78, 5) is 14.2. The van der Waals surface area contributed by atoms with Crippen LogP contribution in [-0.2, 0) is 6.54 Å². The van der Waals surface area contributed by atoms with Gasteiger partial charge >= 0.3 is 0 Å². The van der Waals surface area contributed by atoms with Crippen LogP contribution >= 0.6 is 11.6 Å². The summed E-state index contributed by atoms with van der Waals surface area (Å²) in [5.74, 6) is 0. The summed E-state index contributed by atoms with van der Waals surface area (Å²) in [6.07, 6.45) is 4.94. The Morgan fingerprint density at radius 3 is 3.10 bits per heavy atom. The van der Waals surface area contributed by atoms with Crippen LogP contribution in [0.5, 0.6) is 0 Å². The highest BCUT2D eigenvalue weighted by Gasteiger charge is 2.22. The number of aliphatic hydroxyl groups excluding tert-OH is 1. The molecule has 1 atom stereocenters. The predicted octanol–water partition coefficient (Wildman–Crippen LogP) is 0.857. The molecule has 1 aromatic heterocycles. The van der Waals surface area contributed by atoms with E-state index in [-0.39, 0.29) is 23.7 Å². The van der Waals surface area contributed by atoms with Crippen LogP contribution in [0.3, 0.4) is 0 Å². The van der Waals surface area contributed by atoms with E-state index in [4.69, 9.17) is 16.7 Å². The van der Waals surface area contributed by atoms with Crippen molar-refractivity contribution in [1.29, 1.82) is 0 Å². The van der Waals surface area contributed by atoms with E-state index in [9.17, 15) is 4.79 Å². The summed E-state index contributed by atoms with van der Waals surface area (Å²) in [6.45, 7) is 4.91. The second-order valence-corrected chi connectivity index (χ2v) is 5.71. The lowest BCUT2D eigenvalue weighted by Gasteiger charge is -2.35. The molecule has 1 aliphatic rings. The lowest BCUT2D eigenvalue weighted by molar-refractivity contribution is 0.266. The SMILES string of the molecule is CCCNC1CCCN(c2cnn(CCO)c(=O)c2Cl)C1. The van der Waals surface area contributed by atoms with Crippen molar-refractivity contribution in [1.82, 2.24) is 15.1 Å². The van der Waals surface area contributed by atoms with Crippen LogP contribution in [0.15, 0.2) is 11.0 Å². The van der Waals surface area contributed by atoms with Gasteiger partial charge in [0.15, 0.2) is 0 Å². The molecule has 1 unspecified atom stereocenters. The van der Waals surface area contributed by atoms with Crippen molar-refractivity contribution in [3.8, 4) is 0 Å². The van der Waals surface area contributed by atoms with Crippen LogP contribution in [0.2, 0.25) is 5.02 Å². The minimum absolute atomic E-state index is 0.130. The maximum atomic E-state index is 12.1. The number of nitrogens with zero attached hydrogens (tertiary/aromatic N) is 3. The van der Waals surface area contributed by atoms with Gasteiger partial charge in [-0.3, -0.25) is 4.79 Å². The molecule has 0 spiro atoms. The van der Waals surface area contributed by atoms with Gasteiger partial charge in [0.05, 0.1) is 25.0 Å². The zero-order valence-electron chi connectivity index (χ0n) is 12.4. The Kier molecular flexibility index (Phi) is 6.02. The van der Waals surface area contributed by atoms with E-state index >= 15 is 0 Å². The van der Waals surface area contributed by atoms with Gasteiger partial charge in [0, 0.05) is 19.1 Å². The van der Waals surface area contributed by atoms with Crippen LogP contribution in [-0.4, -0.2) is 47.2 Å². The summed E-state index contributed by atoms with van der Waals surface area (Å²) >= 11 is 6.20. The lowest BCUT2D eigenvalue weighted by atomic mass is 10.1. The molecular weight excluding hydrogens is 292 g/mol. The summed E-state index contributed by atoms with van der Waals surface area (Å²) < 4.78 is 1.20. The number of halogens is 1. The fourth-order valence-corrected chi connectivity index (χ4v) is 2.91. The Morgan fingerprint density at radius 1 is 1.57 bits per heavy atom. The highest BCUT2D eigenvalue weighted by Crippen LogP contribution is 2.24. The molecule has 0 radical (unpaired) electrons. The predicted molar refractivity (Wildman–Crippen MR) is 84.1 cm³/mol. The smallest absolute Gasteiger partial charge is 0.287 e. The minimum atomic E-state index is -0.341. The maximum absolute atomic E-state index is 12.1. The molecule has 7 heteroatoms. The molecule has 21 heavy (non-hydrogen) atoms. The van der Waals surface area contributed by atoms with E-state index in [1.807, 2.05) is 0 Å². The first-order valence-electron chi connectivity index (χ1n) is 7.52. The molecular formula is C14H23ClN4O2. The molecule has 2 heterocycles. The van der Waals surface area contributed by atoms with E-state index < -0.39 is 0 Å². The molecule has 0 aromatic carbocycles. The first-order valence-corrected chi connectivity index (χ1v) is 7.90. The zero-order chi connectivity index (χ0) is 15.2. The number of aromatic nitrogens is 2. The van der Waals surface area contributed by atoms with Crippen LogP contribution in [0, 0.1) is 0 Å². The maximum Gasteiger partial charge on any atom is 0.287 e. The molecule has 0 amide bonds. The van der Waals surface area contributed by atoms with Crippen LogP contribution in [0.4, 0.5) is 5.69 Å². The number of aliphatic hydroxyl groups is 1. The van der Waals surface area contributed by atoms with Crippen molar-refractivity contribution >= 4 is 17.3 Å². The van der Waals surface area contributed by atoms with Gasteiger partial charge < -0.3 is 15.3 Å². The fraction of sp³-hybridized carbons (Fsp3) is 0.714. The van der Waals surface area contributed by atoms with Gasteiger partial charge in [-0.1, -0.05) is 18.5 Å². The van der Waals surface area contributed by atoms with Gasteiger partial charge in [-0.25, -0.2) is 4.68 Å². The van der Waals surface area contributed by atoms with Crippen molar-refractivity contribution in [3.05, 3.63) is 21.6 Å². The van der Waals surface area contributed by atoms with Crippen LogP contribution < -0.4 is 15.8 Å². The van der Waals surface area contributed by atoms with Gasteiger partial charge in [0.25, 0.3) is 5.56 Å². The summed E-state index contributed by atoms with van der Waals surface area (Å²) in [6, 6.07) is 0.426. The van der Waals surface area contributed by atoms with Crippen molar-refractivity contribution in [2.24, 2.45) is 0 Å². The molecule has 0 bridgehead atoms. The largest absolute Gasteiger partial charge is 0.394 e. The number of hydrogen-bond donors (Lipinski definition) is 2. The van der Waals surface area contributed by atoms with Crippen molar-refractivity contribution in [2.75, 3.05) is 31.1 Å². The summed E-state index contributed by atoms with van der Waals surface area (Å²) in [5.41, 5.74) is 0.353. The fourth-order valence-electron chi connectivity index (χ4n) is 2.64. The zero-order valence-corrected chi connectivity index (χ0v) is 13.1. The van der Waals surface area contributed by atoms with E-state index in [1.165, 1.54) is 4.68 Å². The molecule has 0 saturated carbocycles. The molecule has 1 saturated heterocycles. The number of hydrogen-bond acceptors (Lipinski definition) is 5. The topological polar surface area (TPSA) is 70.4 Å². The Hall–Kier alpha value is -1.11. The third-order valence-electron chi connectivity index (χ3n) is 3.72. The standard InChI is InChI=1S/C14H23ClN4O2/c1-2-5-16-11-4-3-6-18(10-11)12-9-17-19(7-8-20)14(21)13(12)15/h9,11,16,20H,2-8,10H2,1H3. The number of nitrogens with one attached hydrogen (secondary N) is 1. The van der Waals surface area contributed by atoms with Gasteiger partial charge in [-0.15, -0.1) is 0 Å². The van der Waals surface area contributed by atoms with Crippen molar-refractivity contribution in [2.45, 2.75) is 38.8 Å². The highest BCUT2D eigenvalue weighted by molar-refractivity contribution is 6.33.